The number of carbonyl (C=O) groups is 1. The third kappa shape index (κ3) is 3.71. The summed E-state index contributed by atoms with van der Waals surface area (Å²) in [6.45, 7) is 2.06. The zero-order valence-electron chi connectivity index (χ0n) is 13.8. The molecule has 0 atom stereocenters. The number of ether oxygens (including phenoxy) is 2. The van der Waals surface area contributed by atoms with Crippen molar-refractivity contribution in [3.63, 3.8) is 0 Å². The molecule has 3 rings (SSSR count). The molecule has 0 fully saturated rings. The van der Waals surface area contributed by atoms with E-state index in [-0.39, 0.29) is 0 Å². The molecule has 0 amide bonds. The van der Waals surface area contributed by atoms with Crippen molar-refractivity contribution in [2.75, 3.05) is 7.11 Å². The van der Waals surface area contributed by atoms with E-state index in [2.05, 4.69) is 30.1 Å². The quantitative estimate of drug-likeness (QED) is 0.619. The maximum Gasteiger partial charge on any atom is 0.363 e. The van der Waals surface area contributed by atoms with Gasteiger partial charge < -0.3 is 9.47 Å². The highest BCUT2D eigenvalue weighted by molar-refractivity contribution is 6.07. The molecule has 4 heteroatoms. The number of aliphatic imine (C=N–C) groups is 1. The van der Waals surface area contributed by atoms with Crippen molar-refractivity contribution in [2.45, 2.75) is 19.8 Å². The van der Waals surface area contributed by atoms with Gasteiger partial charge in [0.05, 0.1) is 7.11 Å². The highest BCUT2D eigenvalue weighted by Gasteiger charge is 2.23. The van der Waals surface area contributed by atoms with Crippen molar-refractivity contribution in [1.29, 1.82) is 0 Å². The summed E-state index contributed by atoms with van der Waals surface area (Å²) >= 11 is 0. The van der Waals surface area contributed by atoms with Crippen LogP contribution in [-0.4, -0.2) is 19.0 Å². The van der Waals surface area contributed by atoms with Gasteiger partial charge in [0.2, 0.25) is 0 Å². The fourth-order valence-corrected chi connectivity index (χ4v) is 2.61. The Balaban J connectivity index is 1.74. The number of esters is 1. The average Bonchev–Trinajstić information content (AvgIpc) is 2.93. The summed E-state index contributed by atoms with van der Waals surface area (Å²) in [4.78, 5) is 16.3. The lowest BCUT2D eigenvalue weighted by atomic mass is 10.1. The number of cyclic esters (lactones) is 1. The van der Waals surface area contributed by atoms with Gasteiger partial charge in [0, 0.05) is 12.0 Å². The van der Waals surface area contributed by atoms with Gasteiger partial charge in [-0.1, -0.05) is 48.0 Å². The lowest BCUT2D eigenvalue weighted by Crippen LogP contribution is -2.05. The van der Waals surface area contributed by atoms with E-state index in [4.69, 9.17) is 9.47 Å². The molecule has 0 unspecified atom stereocenters. The lowest BCUT2D eigenvalue weighted by Gasteiger charge is -2.03. The Morgan fingerprint density at radius 1 is 1.12 bits per heavy atom. The van der Waals surface area contributed by atoms with Crippen LogP contribution in [-0.2, 0) is 16.0 Å². The molecule has 2 aromatic carbocycles. The van der Waals surface area contributed by atoms with Crippen LogP contribution in [0.5, 0.6) is 5.75 Å². The summed E-state index contributed by atoms with van der Waals surface area (Å²) in [5.74, 6) is 0.740. The van der Waals surface area contributed by atoms with Crippen LogP contribution in [0, 0.1) is 6.92 Å². The van der Waals surface area contributed by atoms with Gasteiger partial charge in [-0.2, -0.15) is 0 Å². The highest BCUT2D eigenvalue weighted by Crippen LogP contribution is 2.23. The summed E-state index contributed by atoms with van der Waals surface area (Å²) in [5.41, 5.74) is 3.53. The molecule has 0 aromatic heterocycles. The molecular formula is C20H19NO3. The molecule has 1 heterocycles. The smallest absolute Gasteiger partial charge is 0.363 e. The van der Waals surface area contributed by atoms with Crippen molar-refractivity contribution in [2.24, 2.45) is 4.99 Å². The van der Waals surface area contributed by atoms with Gasteiger partial charge in [-0.05, 0) is 31.1 Å². The maximum atomic E-state index is 12.0. The second-order valence-corrected chi connectivity index (χ2v) is 5.66. The van der Waals surface area contributed by atoms with Gasteiger partial charge in [-0.3, -0.25) is 0 Å². The first-order chi connectivity index (χ1) is 11.7. The normalized spacial score (nSPS) is 15.3. The molecule has 24 heavy (non-hydrogen) atoms. The molecule has 2 aromatic rings. The number of para-hydroxylation sites is 1. The molecule has 1 aliphatic heterocycles. The SMILES string of the molecule is COc1ccccc1/C=C1\N=C(CCc2cccc(C)c2)OC1=O. The molecule has 0 bridgehead atoms. The fourth-order valence-electron chi connectivity index (χ4n) is 2.61. The summed E-state index contributed by atoms with van der Waals surface area (Å²) in [5, 5.41) is 0. The highest BCUT2D eigenvalue weighted by atomic mass is 16.6. The molecule has 0 aliphatic carbocycles. The van der Waals surface area contributed by atoms with Gasteiger partial charge in [-0.15, -0.1) is 0 Å². The first kappa shape index (κ1) is 16.0. The van der Waals surface area contributed by atoms with E-state index in [0.717, 1.165) is 12.0 Å². The lowest BCUT2D eigenvalue weighted by molar-refractivity contribution is -0.130. The maximum absolute atomic E-state index is 12.0. The minimum absolute atomic E-state index is 0.304. The monoisotopic (exact) mass is 321 g/mol. The largest absolute Gasteiger partial charge is 0.496 e. The number of nitrogens with zero attached hydrogens (tertiary/aromatic N) is 1. The summed E-state index contributed by atoms with van der Waals surface area (Å²) in [7, 11) is 1.60. The Morgan fingerprint density at radius 2 is 1.96 bits per heavy atom. The van der Waals surface area contributed by atoms with E-state index in [9.17, 15) is 4.79 Å². The minimum atomic E-state index is -0.417. The molecule has 0 radical (unpaired) electrons. The van der Waals surface area contributed by atoms with Crippen molar-refractivity contribution in [3.8, 4) is 5.75 Å². The first-order valence-electron chi connectivity index (χ1n) is 7.86. The molecule has 122 valence electrons. The summed E-state index contributed by atoms with van der Waals surface area (Å²) < 4.78 is 10.6. The van der Waals surface area contributed by atoms with Gasteiger partial charge in [0.15, 0.2) is 11.6 Å². The number of aryl methyl sites for hydroxylation is 2. The van der Waals surface area contributed by atoms with Crippen LogP contribution in [0.2, 0.25) is 0 Å². The number of hydrogen-bond acceptors (Lipinski definition) is 4. The van der Waals surface area contributed by atoms with Crippen molar-refractivity contribution in [3.05, 3.63) is 70.9 Å². The predicted octanol–water partition coefficient (Wildman–Crippen LogP) is 3.93. The van der Waals surface area contributed by atoms with E-state index < -0.39 is 5.97 Å². The first-order valence-corrected chi connectivity index (χ1v) is 7.86. The Labute approximate surface area is 141 Å². The van der Waals surface area contributed by atoms with Crippen LogP contribution in [0.15, 0.2) is 59.2 Å². The Kier molecular flexibility index (Phi) is 4.75. The van der Waals surface area contributed by atoms with Gasteiger partial charge in [-0.25, -0.2) is 9.79 Å². The second kappa shape index (κ2) is 7.13. The van der Waals surface area contributed by atoms with Gasteiger partial charge >= 0.3 is 5.97 Å². The Bertz CT molecular complexity index is 821. The van der Waals surface area contributed by atoms with Crippen molar-refractivity contribution >= 4 is 17.9 Å². The number of methoxy groups -OCH3 is 1. The number of carbonyl (C=O) groups excluding carboxylic acids is 1. The van der Waals surface area contributed by atoms with E-state index >= 15 is 0 Å². The average molecular weight is 321 g/mol. The van der Waals surface area contributed by atoms with Gasteiger partial charge in [0.25, 0.3) is 0 Å². The van der Waals surface area contributed by atoms with Crippen LogP contribution in [0.4, 0.5) is 0 Å². The van der Waals surface area contributed by atoms with E-state index in [0.29, 0.717) is 23.8 Å². The number of hydrogen-bond donors (Lipinski definition) is 0. The standard InChI is InChI=1S/C20H19NO3/c1-14-6-5-7-15(12-14)10-11-19-21-17(20(22)24-19)13-16-8-3-4-9-18(16)23-2/h3-9,12-13H,10-11H2,1-2H3/b17-13-. The second-order valence-electron chi connectivity index (χ2n) is 5.66. The van der Waals surface area contributed by atoms with E-state index in [1.165, 1.54) is 11.1 Å². The zero-order chi connectivity index (χ0) is 16.9. The molecule has 0 saturated carbocycles. The van der Waals surface area contributed by atoms with Crippen molar-refractivity contribution < 1.29 is 14.3 Å². The number of benzene rings is 2. The summed E-state index contributed by atoms with van der Waals surface area (Å²) in [6, 6.07) is 15.8. The van der Waals surface area contributed by atoms with Crippen LogP contribution < -0.4 is 4.74 Å². The molecule has 1 aliphatic rings. The fraction of sp³-hybridized carbons (Fsp3) is 0.200. The Morgan fingerprint density at radius 3 is 2.75 bits per heavy atom. The molecule has 0 saturated heterocycles. The van der Waals surface area contributed by atoms with Crippen LogP contribution >= 0.6 is 0 Å². The van der Waals surface area contributed by atoms with Crippen LogP contribution in [0.1, 0.15) is 23.1 Å². The third-order valence-corrected chi connectivity index (χ3v) is 3.81. The molecule has 0 N–H and O–H groups in total. The zero-order valence-corrected chi connectivity index (χ0v) is 13.8. The number of rotatable bonds is 5. The van der Waals surface area contributed by atoms with Crippen molar-refractivity contribution in [1.82, 2.24) is 0 Å². The van der Waals surface area contributed by atoms with Crippen LogP contribution in [0.25, 0.3) is 6.08 Å². The third-order valence-electron chi connectivity index (χ3n) is 3.81. The van der Waals surface area contributed by atoms with E-state index in [1.54, 1.807) is 13.2 Å². The van der Waals surface area contributed by atoms with Gasteiger partial charge in [0.1, 0.15) is 5.75 Å². The molecule has 0 spiro atoms. The molecule has 4 nitrogen and oxygen atoms in total. The Hall–Kier alpha value is -2.88. The predicted molar refractivity (Wildman–Crippen MR) is 94.0 cm³/mol. The topological polar surface area (TPSA) is 47.9 Å². The summed E-state index contributed by atoms with van der Waals surface area (Å²) in [6.07, 6.45) is 3.08. The molecular weight excluding hydrogens is 302 g/mol. The minimum Gasteiger partial charge on any atom is -0.496 e. The van der Waals surface area contributed by atoms with Crippen LogP contribution in [0.3, 0.4) is 0 Å². The van der Waals surface area contributed by atoms with E-state index in [1.807, 2.05) is 30.3 Å².